The molecule has 0 spiro atoms. The highest BCUT2D eigenvalue weighted by Crippen LogP contribution is 2.27. The fourth-order valence-corrected chi connectivity index (χ4v) is 5.85. The van der Waals surface area contributed by atoms with Gasteiger partial charge in [-0.3, -0.25) is 4.79 Å². The molecule has 1 saturated heterocycles. The summed E-state index contributed by atoms with van der Waals surface area (Å²) in [5.41, 5.74) is 2.77. The van der Waals surface area contributed by atoms with Crippen LogP contribution in [0.15, 0.2) is 47.4 Å². The third kappa shape index (κ3) is 5.07. The summed E-state index contributed by atoms with van der Waals surface area (Å²) in [4.78, 5) is 12.8. The Labute approximate surface area is 189 Å². The van der Waals surface area contributed by atoms with E-state index in [2.05, 4.69) is 17.4 Å². The van der Waals surface area contributed by atoms with Gasteiger partial charge in [-0.1, -0.05) is 6.07 Å². The lowest BCUT2D eigenvalue weighted by molar-refractivity contribution is -0.126. The van der Waals surface area contributed by atoms with Crippen LogP contribution in [0.2, 0.25) is 0 Å². The molecule has 1 N–H and O–H groups in total. The van der Waals surface area contributed by atoms with Gasteiger partial charge >= 0.3 is 0 Å². The van der Waals surface area contributed by atoms with Crippen LogP contribution < -0.4 is 14.8 Å². The largest absolute Gasteiger partial charge is 0.497 e. The van der Waals surface area contributed by atoms with Crippen molar-refractivity contribution >= 4 is 15.9 Å². The highest BCUT2D eigenvalue weighted by Gasteiger charge is 2.32. The number of sulfonamides is 1. The van der Waals surface area contributed by atoms with Crippen LogP contribution in [0.4, 0.5) is 0 Å². The minimum absolute atomic E-state index is 0.0379. The van der Waals surface area contributed by atoms with Gasteiger partial charge in [-0.05, 0) is 79.6 Å². The fourth-order valence-electron chi connectivity index (χ4n) is 4.38. The Kier molecular flexibility index (Phi) is 7.01. The maximum absolute atomic E-state index is 12.8. The molecule has 7 nitrogen and oxygen atoms in total. The van der Waals surface area contributed by atoms with E-state index in [4.69, 9.17) is 9.47 Å². The summed E-state index contributed by atoms with van der Waals surface area (Å²) < 4.78 is 38.0. The summed E-state index contributed by atoms with van der Waals surface area (Å²) in [5, 5.41) is 2.93. The van der Waals surface area contributed by atoms with Crippen molar-refractivity contribution in [2.24, 2.45) is 5.92 Å². The van der Waals surface area contributed by atoms with E-state index < -0.39 is 10.0 Å². The van der Waals surface area contributed by atoms with E-state index in [0.717, 1.165) is 18.6 Å². The normalized spacial score (nSPS) is 17.0. The number of piperidine rings is 1. The summed E-state index contributed by atoms with van der Waals surface area (Å²) in [6, 6.07) is 12.6. The lowest BCUT2D eigenvalue weighted by Gasteiger charge is -2.30. The van der Waals surface area contributed by atoms with Crippen LogP contribution in [0, 0.1) is 5.92 Å². The average Bonchev–Trinajstić information content (AvgIpc) is 3.30. The molecule has 8 heteroatoms. The Bertz CT molecular complexity index is 1040. The number of hydrogen-bond donors (Lipinski definition) is 1. The van der Waals surface area contributed by atoms with Crippen molar-refractivity contribution in [2.75, 3.05) is 33.4 Å². The quantitative estimate of drug-likeness (QED) is 0.615. The number of hydrogen-bond acceptors (Lipinski definition) is 5. The van der Waals surface area contributed by atoms with E-state index >= 15 is 0 Å². The van der Waals surface area contributed by atoms with Gasteiger partial charge in [0.15, 0.2) is 0 Å². The van der Waals surface area contributed by atoms with E-state index in [1.165, 1.54) is 21.9 Å². The van der Waals surface area contributed by atoms with E-state index in [0.29, 0.717) is 44.8 Å². The number of methoxy groups -OCH3 is 1. The first kappa shape index (κ1) is 22.6. The lowest BCUT2D eigenvalue weighted by Crippen LogP contribution is -2.43. The molecule has 2 aliphatic rings. The highest BCUT2D eigenvalue weighted by atomic mass is 32.2. The van der Waals surface area contributed by atoms with Crippen molar-refractivity contribution in [1.29, 1.82) is 0 Å². The van der Waals surface area contributed by atoms with Crippen LogP contribution in [0.1, 0.15) is 30.4 Å². The minimum Gasteiger partial charge on any atom is -0.497 e. The van der Waals surface area contributed by atoms with Gasteiger partial charge in [0.05, 0.1) is 18.6 Å². The van der Waals surface area contributed by atoms with Crippen LogP contribution in [-0.2, 0) is 27.7 Å². The van der Waals surface area contributed by atoms with Gasteiger partial charge in [0.2, 0.25) is 15.9 Å². The Morgan fingerprint density at radius 3 is 2.44 bits per heavy atom. The molecule has 4 rings (SSSR count). The standard InChI is InChI=1S/C24H30N2O5S/c1-30-21-7-9-23(10-8-21)32(28,29)26-14-11-19(12-15-26)24(27)25-13-16-31-22-6-5-18-3-2-4-20(18)17-22/h5-10,17,19H,2-4,11-16H2,1H3,(H,25,27). The number of ether oxygens (including phenoxy) is 2. The van der Waals surface area contributed by atoms with Crippen molar-refractivity contribution in [1.82, 2.24) is 9.62 Å². The first-order valence-electron chi connectivity index (χ1n) is 11.1. The molecule has 1 fully saturated rings. The predicted octanol–water partition coefficient (Wildman–Crippen LogP) is 2.78. The van der Waals surface area contributed by atoms with Crippen LogP contribution in [0.25, 0.3) is 0 Å². The third-order valence-electron chi connectivity index (χ3n) is 6.26. The molecule has 32 heavy (non-hydrogen) atoms. The van der Waals surface area contributed by atoms with Crippen molar-refractivity contribution in [3.05, 3.63) is 53.6 Å². The molecule has 1 aliphatic heterocycles. The number of rotatable bonds is 8. The second-order valence-corrected chi connectivity index (χ2v) is 10.2. The van der Waals surface area contributed by atoms with Gasteiger partial charge in [0.25, 0.3) is 0 Å². The van der Waals surface area contributed by atoms with Crippen LogP contribution in [0.3, 0.4) is 0 Å². The predicted molar refractivity (Wildman–Crippen MR) is 121 cm³/mol. The molecule has 0 radical (unpaired) electrons. The zero-order valence-corrected chi connectivity index (χ0v) is 19.2. The van der Waals surface area contributed by atoms with Crippen LogP contribution in [0.5, 0.6) is 11.5 Å². The summed E-state index contributed by atoms with van der Waals surface area (Å²) in [5.74, 6) is 1.23. The SMILES string of the molecule is COc1ccc(S(=O)(=O)N2CCC(C(=O)NCCOc3ccc4c(c3)CCC4)CC2)cc1. The van der Waals surface area contributed by atoms with Gasteiger partial charge in [0, 0.05) is 19.0 Å². The first-order chi connectivity index (χ1) is 15.5. The molecule has 1 amide bonds. The van der Waals surface area contributed by atoms with Crippen molar-refractivity contribution in [2.45, 2.75) is 37.0 Å². The van der Waals surface area contributed by atoms with Gasteiger partial charge < -0.3 is 14.8 Å². The Balaban J connectivity index is 1.21. The fraction of sp³-hybridized carbons (Fsp3) is 0.458. The van der Waals surface area contributed by atoms with Crippen molar-refractivity contribution in [3.63, 3.8) is 0 Å². The van der Waals surface area contributed by atoms with E-state index in [9.17, 15) is 13.2 Å². The van der Waals surface area contributed by atoms with Crippen molar-refractivity contribution in [3.8, 4) is 11.5 Å². The number of benzene rings is 2. The van der Waals surface area contributed by atoms with Crippen molar-refractivity contribution < 1.29 is 22.7 Å². The van der Waals surface area contributed by atoms with Gasteiger partial charge in [-0.15, -0.1) is 0 Å². The number of carbonyl (C=O) groups excluding carboxylic acids is 1. The summed E-state index contributed by atoms with van der Waals surface area (Å²) >= 11 is 0. The molecular weight excluding hydrogens is 428 g/mol. The average molecular weight is 459 g/mol. The molecule has 0 aromatic heterocycles. The topological polar surface area (TPSA) is 84.9 Å². The molecule has 2 aromatic rings. The molecular formula is C24H30N2O5S. The highest BCUT2D eigenvalue weighted by molar-refractivity contribution is 7.89. The first-order valence-corrected chi connectivity index (χ1v) is 12.6. The molecule has 0 saturated carbocycles. The summed E-state index contributed by atoms with van der Waals surface area (Å²) in [6.07, 6.45) is 4.47. The molecule has 172 valence electrons. The molecule has 0 unspecified atom stereocenters. The molecule has 2 aromatic carbocycles. The number of nitrogens with one attached hydrogen (secondary N) is 1. The third-order valence-corrected chi connectivity index (χ3v) is 8.17. The van der Waals surface area contributed by atoms with Crippen LogP contribution in [-0.4, -0.2) is 52.0 Å². The number of aryl methyl sites for hydroxylation is 2. The van der Waals surface area contributed by atoms with E-state index in [1.807, 2.05) is 6.07 Å². The minimum atomic E-state index is -3.57. The maximum Gasteiger partial charge on any atom is 0.243 e. The van der Waals surface area contributed by atoms with E-state index in [-0.39, 0.29) is 16.7 Å². The number of fused-ring (bicyclic) bond motifs is 1. The van der Waals surface area contributed by atoms with E-state index in [1.54, 1.807) is 31.4 Å². The van der Waals surface area contributed by atoms with Gasteiger partial charge in [-0.25, -0.2) is 8.42 Å². The molecule has 0 atom stereocenters. The second-order valence-electron chi connectivity index (χ2n) is 8.28. The second kappa shape index (κ2) is 9.92. The molecule has 1 heterocycles. The number of carbonyl (C=O) groups is 1. The zero-order valence-electron chi connectivity index (χ0n) is 18.4. The smallest absolute Gasteiger partial charge is 0.243 e. The number of amides is 1. The Hall–Kier alpha value is -2.58. The lowest BCUT2D eigenvalue weighted by atomic mass is 9.97. The summed E-state index contributed by atoms with van der Waals surface area (Å²) in [7, 11) is -2.03. The van der Waals surface area contributed by atoms with Gasteiger partial charge in [0.1, 0.15) is 18.1 Å². The Morgan fingerprint density at radius 2 is 1.72 bits per heavy atom. The summed E-state index contributed by atoms with van der Waals surface area (Å²) in [6.45, 7) is 1.51. The Morgan fingerprint density at radius 1 is 1.03 bits per heavy atom. The monoisotopic (exact) mass is 458 g/mol. The maximum atomic E-state index is 12.8. The zero-order chi connectivity index (χ0) is 22.6. The number of nitrogens with zero attached hydrogens (tertiary/aromatic N) is 1. The van der Waals surface area contributed by atoms with Gasteiger partial charge in [-0.2, -0.15) is 4.31 Å². The van der Waals surface area contributed by atoms with Crippen LogP contribution >= 0.6 is 0 Å². The molecule has 1 aliphatic carbocycles. The molecule has 0 bridgehead atoms.